The molecule has 1 fully saturated rings. The summed E-state index contributed by atoms with van der Waals surface area (Å²) in [4.78, 5) is 36.9. The number of carbonyl (C=O) groups excluding carboxylic acids is 3. The molecule has 0 spiro atoms. The first-order valence-electron chi connectivity index (χ1n) is 3.50. The van der Waals surface area contributed by atoms with Crippen LogP contribution >= 0.6 is 0 Å². The zero-order chi connectivity index (χ0) is 10.0. The van der Waals surface area contributed by atoms with Gasteiger partial charge < -0.3 is 4.84 Å². The summed E-state index contributed by atoms with van der Waals surface area (Å²) in [6, 6.07) is -0.736. The first-order chi connectivity index (χ1) is 6.00. The van der Waals surface area contributed by atoms with Gasteiger partial charge in [0.05, 0.1) is 0 Å². The minimum atomic E-state index is -0.736. The molecule has 1 heterocycles. The van der Waals surface area contributed by atoms with Gasteiger partial charge in [-0.25, -0.2) is 9.59 Å². The molecule has 1 rings (SSSR count). The molecule has 0 aromatic rings. The molecule has 0 bridgehead atoms. The van der Waals surface area contributed by atoms with E-state index in [9.17, 15) is 14.4 Å². The lowest BCUT2D eigenvalue weighted by Gasteiger charge is -2.11. The van der Waals surface area contributed by atoms with Gasteiger partial charge in [0.15, 0.2) is 0 Å². The monoisotopic (exact) mass is 184 g/mol. The molecule has 1 aliphatic heterocycles. The van der Waals surface area contributed by atoms with Gasteiger partial charge in [-0.05, 0) is 6.92 Å². The lowest BCUT2D eigenvalue weighted by atomic mass is 10.4. The Bertz CT molecular complexity index is 297. The molecular formula is C7H8N2O4. The van der Waals surface area contributed by atoms with Crippen molar-refractivity contribution in [3.8, 4) is 0 Å². The highest BCUT2D eigenvalue weighted by molar-refractivity contribution is 6.02. The van der Waals surface area contributed by atoms with E-state index in [2.05, 4.69) is 11.4 Å². The lowest BCUT2D eigenvalue weighted by molar-refractivity contribution is -0.169. The fourth-order valence-corrected chi connectivity index (χ4v) is 0.675. The maximum atomic E-state index is 10.9. The molecular weight excluding hydrogens is 176 g/mol. The molecule has 0 aromatic carbocycles. The van der Waals surface area contributed by atoms with Gasteiger partial charge in [-0.15, -0.1) is 5.06 Å². The summed E-state index contributed by atoms with van der Waals surface area (Å²) in [5.74, 6) is -1.23. The second-order valence-corrected chi connectivity index (χ2v) is 2.55. The number of amides is 3. The fraction of sp³-hybridized carbons (Fsp3) is 0.286. The predicted molar refractivity (Wildman–Crippen MR) is 41.2 cm³/mol. The summed E-state index contributed by atoms with van der Waals surface area (Å²) < 4.78 is 0. The molecule has 3 amide bonds. The van der Waals surface area contributed by atoms with Crippen molar-refractivity contribution in [2.75, 3.05) is 6.54 Å². The van der Waals surface area contributed by atoms with Crippen molar-refractivity contribution < 1.29 is 19.2 Å². The molecule has 6 nitrogen and oxygen atoms in total. The van der Waals surface area contributed by atoms with Gasteiger partial charge in [0, 0.05) is 5.57 Å². The summed E-state index contributed by atoms with van der Waals surface area (Å²) in [5, 5.41) is 2.60. The molecule has 0 saturated carbocycles. The summed E-state index contributed by atoms with van der Waals surface area (Å²) in [7, 11) is 0. The quantitative estimate of drug-likeness (QED) is 0.466. The highest BCUT2D eigenvalue weighted by Gasteiger charge is 2.30. The highest BCUT2D eigenvalue weighted by atomic mass is 16.7. The van der Waals surface area contributed by atoms with Crippen molar-refractivity contribution in [3.05, 3.63) is 12.2 Å². The third-order valence-electron chi connectivity index (χ3n) is 1.30. The maximum absolute atomic E-state index is 10.9. The van der Waals surface area contributed by atoms with E-state index >= 15 is 0 Å². The Hall–Kier alpha value is -1.85. The number of nitrogens with zero attached hydrogens (tertiary/aromatic N) is 1. The first-order valence-corrected chi connectivity index (χ1v) is 3.50. The number of nitrogens with one attached hydrogen (secondary N) is 1. The Balaban J connectivity index is 2.55. The van der Waals surface area contributed by atoms with Gasteiger partial charge >= 0.3 is 12.0 Å². The second-order valence-electron chi connectivity index (χ2n) is 2.55. The Morgan fingerprint density at radius 3 is 2.62 bits per heavy atom. The van der Waals surface area contributed by atoms with Crippen LogP contribution in [0.5, 0.6) is 0 Å². The van der Waals surface area contributed by atoms with E-state index in [-0.39, 0.29) is 12.1 Å². The predicted octanol–water partition coefficient (Wildman–Crippen LogP) is -0.427. The Morgan fingerprint density at radius 1 is 1.62 bits per heavy atom. The molecule has 0 aliphatic carbocycles. The highest BCUT2D eigenvalue weighted by Crippen LogP contribution is 2.02. The largest absolute Gasteiger partial charge is 0.358 e. The number of urea groups is 1. The third kappa shape index (κ3) is 2.05. The lowest BCUT2D eigenvalue weighted by Crippen LogP contribution is -2.31. The van der Waals surface area contributed by atoms with Gasteiger partial charge in [0.2, 0.25) is 0 Å². The van der Waals surface area contributed by atoms with Crippen LogP contribution in [-0.4, -0.2) is 29.5 Å². The number of imide groups is 1. The van der Waals surface area contributed by atoms with E-state index < -0.39 is 17.9 Å². The molecule has 6 heteroatoms. The maximum Gasteiger partial charge on any atom is 0.358 e. The Labute approximate surface area is 74.1 Å². The van der Waals surface area contributed by atoms with E-state index in [0.29, 0.717) is 5.06 Å². The number of rotatable bonds is 2. The Morgan fingerprint density at radius 2 is 2.23 bits per heavy atom. The van der Waals surface area contributed by atoms with Crippen molar-refractivity contribution in [2.45, 2.75) is 6.92 Å². The second kappa shape index (κ2) is 3.26. The fourth-order valence-electron chi connectivity index (χ4n) is 0.675. The van der Waals surface area contributed by atoms with Crippen molar-refractivity contribution in [1.29, 1.82) is 0 Å². The SMILES string of the molecule is C=C(C)C(=O)ON1CC(=O)NC1=O. The summed E-state index contributed by atoms with van der Waals surface area (Å²) in [6.45, 7) is 4.50. The van der Waals surface area contributed by atoms with E-state index in [4.69, 9.17) is 0 Å². The minimum Gasteiger partial charge on any atom is -0.331 e. The summed E-state index contributed by atoms with van der Waals surface area (Å²) in [5.41, 5.74) is 0.159. The normalized spacial score (nSPS) is 15.6. The van der Waals surface area contributed by atoms with Crippen molar-refractivity contribution in [1.82, 2.24) is 10.4 Å². The van der Waals surface area contributed by atoms with Gasteiger partial charge in [-0.2, -0.15) is 0 Å². The van der Waals surface area contributed by atoms with Crippen LogP contribution in [0.1, 0.15) is 6.92 Å². The zero-order valence-corrected chi connectivity index (χ0v) is 6.99. The van der Waals surface area contributed by atoms with Gasteiger partial charge in [-0.1, -0.05) is 6.58 Å². The van der Waals surface area contributed by atoms with E-state index in [0.717, 1.165) is 0 Å². The standard InChI is InChI=1S/C7H8N2O4/c1-4(2)6(11)13-9-3-5(10)8-7(9)12/h1,3H2,2H3,(H,8,10,12). The van der Waals surface area contributed by atoms with Crippen LogP contribution in [0.4, 0.5) is 4.79 Å². The van der Waals surface area contributed by atoms with Crippen LogP contribution in [0, 0.1) is 0 Å². The Kier molecular flexibility index (Phi) is 2.32. The molecule has 0 atom stereocenters. The van der Waals surface area contributed by atoms with Crippen molar-refractivity contribution >= 4 is 17.9 Å². The molecule has 1 N–H and O–H groups in total. The van der Waals surface area contributed by atoms with Gasteiger partial charge in [0.25, 0.3) is 5.91 Å². The third-order valence-corrected chi connectivity index (χ3v) is 1.30. The van der Waals surface area contributed by atoms with Crippen LogP contribution in [0.3, 0.4) is 0 Å². The molecule has 1 saturated heterocycles. The van der Waals surface area contributed by atoms with Gasteiger partial charge in [0.1, 0.15) is 6.54 Å². The number of hydrogen-bond donors (Lipinski definition) is 1. The van der Waals surface area contributed by atoms with E-state index in [1.54, 1.807) is 0 Å². The molecule has 70 valence electrons. The summed E-state index contributed by atoms with van der Waals surface area (Å²) >= 11 is 0. The van der Waals surface area contributed by atoms with Crippen LogP contribution in [-0.2, 0) is 14.4 Å². The number of hydroxylamine groups is 2. The number of hydrogen-bond acceptors (Lipinski definition) is 4. The summed E-state index contributed by atoms with van der Waals surface area (Å²) in [6.07, 6.45) is 0. The van der Waals surface area contributed by atoms with E-state index in [1.807, 2.05) is 5.32 Å². The number of carbonyl (C=O) groups is 3. The zero-order valence-electron chi connectivity index (χ0n) is 6.99. The van der Waals surface area contributed by atoms with Crippen LogP contribution < -0.4 is 5.32 Å². The molecule has 13 heavy (non-hydrogen) atoms. The average molecular weight is 184 g/mol. The van der Waals surface area contributed by atoms with Crippen LogP contribution in [0.2, 0.25) is 0 Å². The molecule has 0 aromatic heterocycles. The molecule has 1 aliphatic rings. The topological polar surface area (TPSA) is 75.7 Å². The average Bonchev–Trinajstić information content (AvgIpc) is 2.30. The van der Waals surface area contributed by atoms with Crippen molar-refractivity contribution in [3.63, 3.8) is 0 Å². The van der Waals surface area contributed by atoms with Gasteiger partial charge in [-0.3, -0.25) is 10.1 Å². The first kappa shape index (κ1) is 9.24. The van der Waals surface area contributed by atoms with Crippen LogP contribution in [0.15, 0.2) is 12.2 Å². The van der Waals surface area contributed by atoms with Crippen molar-refractivity contribution in [2.24, 2.45) is 0 Å². The van der Waals surface area contributed by atoms with Crippen LogP contribution in [0.25, 0.3) is 0 Å². The minimum absolute atomic E-state index is 0.159. The molecule has 0 radical (unpaired) electrons. The smallest absolute Gasteiger partial charge is 0.331 e. The molecule has 0 unspecified atom stereocenters. The van der Waals surface area contributed by atoms with E-state index in [1.165, 1.54) is 6.92 Å².